The van der Waals surface area contributed by atoms with Gasteiger partial charge in [-0.25, -0.2) is 4.57 Å². The van der Waals surface area contributed by atoms with Crippen LogP contribution < -0.4 is 0 Å². The average Bonchev–Trinajstić information content (AvgIpc) is 3.46. The van der Waals surface area contributed by atoms with E-state index in [-0.39, 0.29) is 32.0 Å². The summed E-state index contributed by atoms with van der Waals surface area (Å²) in [6.07, 6.45) is 90.7. The van der Waals surface area contributed by atoms with E-state index in [1.807, 2.05) is 21.1 Å². The van der Waals surface area contributed by atoms with Gasteiger partial charge in [0.05, 0.1) is 27.7 Å². The van der Waals surface area contributed by atoms with E-state index in [1.165, 1.54) is 103 Å². The average molecular weight is 1160 g/mol. The van der Waals surface area contributed by atoms with Crippen molar-refractivity contribution in [2.75, 3.05) is 47.5 Å². The lowest BCUT2D eigenvalue weighted by molar-refractivity contribution is -0.870. The van der Waals surface area contributed by atoms with Crippen molar-refractivity contribution in [1.29, 1.82) is 0 Å². The Hall–Kier alpha value is -4.11. The molecule has 466 valence electrons. The molecule has 0 aromatic rings. The highest BCUT2D eigenvalue weighted by Crippen LogP contribution is 2.43. The number of carbonyl (C=O) groups is 2. The molecular formula is C72H121NO8P+. The second-order valence-corrected chi connectivity index (χ2v) is 23.9. The third kappa shape index (κ3) is 65.0. The molecule has 0 saturated carbocycles. The quantitative estimate of drug-likeness (QED) is 0.0211. The maximum absolute atomic E-state index is 12.8. The minimum absolute atomic E-state index is 0.0165. The molecule has 2 atom stereocenters. The Kier molecular flexibility index (Phi) is 58.4. The van der Waals surface area contributed by atoms with Gasteiger partial charge < -0.3 is 18.9 Å². The molecule has 0 aliphatic heterocycles. The molecule has 1 N–H and O–H groups in total. The number of rotatable bonds is 58. The Morgan fingerprint density at radius 2 is 0.695 bits per heavy atom. The van der Waals surface area contributed by atoms with E-state index in [1.54, 1.807) is 0 Å². The molecule has 0 bridgehead atoms. The van der Waals surface area contributed by atoms with Crippen LogP contribution in [0.25, 0.3) is 0 Å². The first-order valence-corrected chi connectivity index (χ1v) is 34.1. The molecule has 10 heteroatoms. The molecule has 9 nitrogen and oxygen atoms in total. The van der Waals surface area contributed by atoms with E-state index in [0.717, 1.165) is 109 Å². The number of quaternary nitrogens is 1. The van der Waals surface area contributed by atoms with Gasteiger partial charge in [-0.05, 0) is 122 Å². The summed E-state index contributed by atoms with van der Waals surface area (Å²) in [5.41, 5.74) is 0. The van der Waals surface area contributed by atoms with Crippen LogP contribution >= 0.6 is 7.82 Å². The van der Waals surface area contributed by atoms with E-state index in [0.29, 0.717) is 17.4 Å². The summed E-state index contributed by atoms with van der Waals surface area (Å²) in [6, 6.07) is 0. The molecule has 82 heavy (non-hydrogen) atoms. The Balaban J connectivity index is 4.24. The number of phosphoric ester groups is 1. The summed E-state index contributed by atoms with van der Waals surface area (Å²) in [5.74, 6) is -0.846. The summed E-state index contributed by atoms with van der Waals surface area (Å²) < 4.78 is 34.6. The van der Waals surface area contributed by atoms with Crippen molar-refractivity contribution >= 4 is 19.8 Å². The van der Waals surface area contributed by atoms with Crippen LogP contribution in [0.5, 0.6) is 0 Å². The summed E-state index contributed by atoms with van der Waals surface area (Å²) in [6.45, 7) is 4.26. The predicted molar refractivity (Wildman–Crippen MR) is 353 cm³/mol. The number of esters is 2. The van der Waals surface area contributed by atoms with Gasteiger partial charge in [-0.15, -0.1) is 0 Å². The molecule has 0 spiro atoms. The summed E-state index contributed by atoms with van der Waals surface area (Å²) in [7, 11) is 1.43. The highest BCUT2D eigenvalue weighted by atomic mass is 31.2. The van der Waals surface area contributed by atoms with Gasteiger partial charge in [-0.3, -0.25) is 18.6 Å². The fourth-order valence-corrected chi connectivity index (χ4v) is 9.11. The van der Waals surface area contributed by atoms with Gasteiger partial charge in [0.15, 0.2) is 6.10 Å². The predicted octanol–water partition coefficient (Wildman–Crippen LogP) is 21.0. The molecule has 2 unspecified atom stereocenters. The van der Waals surface area contributed by atoms with Crippen molar-refractivity contribution < 1.29 is 42.1 Å². The van der Waals surface area contributed by atoms with Gasteiger partial charge in [0, 0.05) is 12.8 Å². The second kappa shape index (κ2) is 61.5. The van der Waals surface area contributed by atoms with E-state index in [9.17, 15) is 19.0 Å². The topological polar surface area (TPSA) is 108 Å². The van der Waals surface area contributed by atoms with Crippen LogP contribution in [0.3, 0.4) is 0 Å². The summed E-state index contributed by atoms with van der Waals surface area (Å²) >= 11 is 0. The minimum Gasteiger partial charge on any atom is -0.462 e. The van der Waals surface area contributed by atoms with Crippen LogP contribution in [0, 0.1) is 0 Å². The van der Waals surface area contributed by atoms with Crippen molar-refractivity contribution in [3.8, 4) is 0 Å². The fraction of sp³-hybridized carbons (Fsp3) is 0.639. The van der Waals surface area contributed by atoms with Gasteiger partial charge in [-0.2, -0.15) is 0 Å². The monoisotopic (exact) mass is 1160 g/mol. The first-order valence-electron chi connectivity index (χ1n) is 32.6. The highest BCUT2D eigenvalue weighted by Gasteiger charge is 2.27. The molecule has 0 aromatic heterocycles. The third-order valence-electron chi connectivity index (χ3n) is 13.4. The maximum Gasteiger partial charge on any atom is 0.472 e. The molecule has 0 rings (SSSR count). The second-order valence-electron chi connectivity index (χ2n) is 22.4. The zero-order valence-electron chi connectivity index (χ0n) is 52.9. The lowest BCUT2D eigenvalue weighted by Gasteiger charge is -2.24. The molecule has 0 amide bonds. The molecule has 0 aliphatic rings. The lowest BCUT2D eigenvalue weighted by Crippen LogP contribution is -2.37. The van der Waals surface area contributed by atoms with Gasteiger partial charge in [0.25, 0.3) is 0 Å². The summed E-state index contributed by atoms with van der Waals surface area (Å²) in [4.78, 5) is 35.8. The van der Waals surface area contributed by atoms with Crippen molar-refractivity contribution in [3.05, 3.63) is 146 Å². The number of allylic oxidation sites excluding steroid dienone is 24. The van der Waals surface area contributed by atoms with E-state index in [4.69, 9.17) is 18.5 Å². The van der Waals surface area contributed by atoms with Crippen molar-refractivity contribution in [2.45, 2.75) is 251 Å². The van der Waals surface area contributed by atoms with E-state index in [2.05, 4.69) is 160 Å². The Morgan fingerprint density at radius 1 is 0.390 bits per heavy atom. The number of ether oxygens (including phenoxy) is 2. The largest absolute Gasteiger partial charge is 0.472 e. The molecule has 0 heterocycles. The van der Waals surface area contributed by atoms with Crippen LogP contribution in [0.2, 0.25) is 0 Å². The first kappa shape index (κ1) is 77.9. The SMILES string of the molecule is CC/C=C\C/C=C\C/C=C\C/C=C\C/C=C\C/C=C\C/C=C\C/C=C\C/C=C\CCCCCC(=O)OC(COC(=O)CCCCCCCCCCCCCC/C=C\C/C=C\C/C=C\CCCCCCC)COP(=O)(O)OCC[N+](C)(C)C. The number of hydrogen-bond donors (Lipinski definition) is 1. The number of unbranched alkanes of at least 4 members (excludes halogenated alkanes) is 20. The van der Waals surface area contributed by atoms with Gasteiger partial charge in [0.1, 0.15) is 19.8 Å². The van der Waals surface area contributed by atoms with Gasteiger partial charge in [-0.1, -0.05) is 256 Å². The van der Waals surface area contributed by atoms with Crippen LogP contribution in [-0.4, -0.2) is 74.9 Å². The standard InChI is InChI=1S/C72H120NO8P/c1-6-8-10-12-14-16-18-20-22-24-26-28-30-32-34-35-36-37-39-41-43-45-47-49-51-53-55-57-59-61-63-65-72(75)81-70(69-80-82(76,77)79-67-66-73(3,4)5)68-78-71(74)64-62-60-58-56-54-52-50-48-46-44-42-40-38-33-31-29-27-25-23-21-19-17-15-13-11-9-7-2/h8,10,14,16,19-22,25-28,31-34,36-37,41,43,47,49,53,55,70H,6-7,9,11-13,15,17-18,23-24,29-30,35,38-40,42,44-46,48,50-52,54,56-69H2,1-5H3/p+1/b10-8-,16-14-,21-19-,22-20-,27-25-,28-26-,33-31-,34-32-,37-36-,43-41-,49-47-,55-53-. The zero-order chi connectivity index (χ0) is 59.8. The molecular weight excluding hydrogens is 1040 g/mol. The number of hydrogen-bond acceptors (Lipinski definition) is 7. The normalized spacial score (nSPS) is 14.2. The third-order valence-corrected chi connectivity index (χ3v) is 14.3. The van der Waals surface area contributed by atoms with E-state index >= 15 is 0 Å². The number of nitrogens with zero attached hydrogens (tertiary/aromatic N) is 1. The number of phosphoric acid groups is 1. The first-order chi connectivity index (χ1) is 40.0. The molecule has 0 radical (unpaired) electrons. The number of likely N-dealkylation sites (N-methyl/N-ethyl adjacent to an activating group) is 1. The van der Waals surface area contributed by atoms with Crippen molar-refractivity contribution in [1.82, 2.24) is 0 Å². The smallest absolute Gasteiger partial charge is 0.462 e. The van der Waals surface area contributed by atoms with Gasteiger partial charge >= 0.3 is 19.8 Å². The minimum atomic E-state index is -4.41. The summed E-state index contributed by atoms with van der Waals surface area (Å²) in [5, 5.41) is 0. The Bertz CT molecular complexity index is 1890. The van der Waals surface area contributed by atoms with Crippen LogP contribution in [0.15, 0.2) is 146 Å². The van der Waals surface area contributed by atoms with Crippen LogP contribution in [0.1, 0.15) is 245 Å². The van der Waals surface area contributed by atoms with Crippen LogP contribution in [0.4, 0.5) is 0 Å². The fourth-order valence-electron chi connectivity index (χ4n) is 8.37. The molecule has 0 aliphatic carbocycles. The number of carbonyl (C=O) groups excluding carboxylic acids is 2. The Labute approximate surface area is 503 Å². The Morgan fingerprint density at radius 3 is 1.05 bits per heavy atom. The maximum atomic E-state index is 12.8. The highest BCUT2D eigenvalue weighted by molar-refractivity contribution is 7.47. The zero-order valence-corrected chi connectivity index (χ0v) is 53.8. The van der Waals surface area contributed by atoms with Crippen molar-refractivity contribution in [3.63, 3.8) is 0 Å². The van der Waals surface area contributed by atoms with Crippen molar-refractivity contribution in [2.24, 2.45) is 0 Å². The molecule has 0 aromatic carbocycles. The lowest BCUT2D eigenvalue weighted by atomic mass is 10.0. The molecule has 0 fully saturated rings. The molecule has 0 saturated heterocycles. The van der Waals surface area contributed by atoms with E-state index < -0.39 is 26.5 Å². The van der Waals surface area contributed by atoms with Gasteiger partial charge in [0.2, 0.25) is 0 Å². The van der Waals surface area contributed by atoms with Crippen LogP contribution in [-0.2, 0) is 32.7 Å².